The third kappa shape index (κ3) is 58.5. The number of quaternary nitrogens is 1. The molecule has 75 heavy (non-hydrogen) atoms. The van der Waals surface area contributed by atoms with Gasteiger partial charge in [0, 0.05) is 12.8 Å². The maximum Gasteiger partial charge on any atom is 0.361 e. The van der Waals surface area contributed by atoms with E-state index >= 15 is 0 Å². The Morgan fingerprint density at radius 1 is 0.413 bits per heavy atom. The van der Waals surface area contributed by atoms with Gasteiger partial charge in [0.1, 0.15) is 13.2 Å². The maximum absolute atomic E-state index is 12.9. The SMILES string of the molecule is CC/C=C\C/C=C\C/C=C\C/C=C\C/C=C\CCCCCCCCCCCCCCCCCCCCCC(=O)OC(COC(=O)CCCCCCCCCCCCCCCCC)COC(OCC[N+](C)(C)C)C(=O)O. The molecule has 0 saturated heterocycles. The molecule has 0 heterocycles. The number of unbranched alkanes of at least 4 members (excludes halogenated alkanes) is 33. The molecule has 2 unspecified atom stereocenters. The summed E-state index contributed by atoms with van der Waals surface area (Å²) in [4.78, 5) is 37.4. The van der Waals surface area contributed by atoms with Gasteiger partial charge in [-0.15, -0.1) is 0 Å². The predicted octanol–water partition coefficient (Wildman–Crippen LogP) is 18.8. The van der Waals surface area contributed by atoms with Crippen LogP contribution in [0.15, 0.2) is 60.8 Å². The number of rotatable bonds is 58. The van der Waals surface area contributed by atoms with E-state index < -0.39 is 18.4 Å². The van der Waals surface area contributed by atoms with Gasteiger partial charge >= 0.3 is 17.9 Å². The Morgan fingerprint density at radius 3 is 1.13 bits per heavy atom. The van der Waals surface area contributed by atoms with Gasteiger partial charge in [-0.25, -0.2) is 4.79 Å². The van der Waals surface area contributed by atoms with E-state index in [0.29, 0.717) is 17.4 Å². The molecule has 0 saturated carbocycles. The lowest BCUT2D eigenvalue weighted by Crippen LogP contribution is -2.40. The Bertz CT molecular complexity index is 1410. The molecule has 0 rings (SSSR count). The van der Waals surface area contributed by atoms with E-state index in [2.05, 4.69) is 74.6 Å². The molecule has 9 heteroatoms. The highest BCUT2D eigenvalue weighted by molar-refractivity contribution is 5.71. The van der Waals surface area contributed by atoms with Crippen molar-refractivity contribution in [3.05, 3.63) is 60.8 Å². The van der Waals surface area contributed by atoms with Gasteiger partial charge < -0.3 is 28.5 Å². The topological polar surface area (TPSA) is 108 Å². The molecule has 0 spiro atoms. The molecule has 0 aliphatic heterocycles. The van der Waals surface area contributed by atoms with Crippen molar-refractivity contribution in [2.75, 3.05) is 47.5 Å². The summed E-state index contributed by atoms with van der Waals surface area (Å²) in [5, 5.41) is 9.71. The number of esters is 2. The molecule has 0 radical (unpaired) electrons. The van der Waals surface area contributed by atoms with Gasteiger partial charge in [-0.05, 0) is 57.8 Å². The smallest absolute Gasteiger partial charge is 0.361 e. The van der Waals surface area contributed by atoms with Crippen LogP contribution < -0.4 is 0 Å². The van der Waals surface area contributed by atoms with Gasteiger partial charge in [0.15, 0.2) is 6.10 Å². The van der Waals surface area contributed by atoms with E-state index in [4.69, 9.17) is 18.9 Å². The van der Waals surface area contributed by atoms with Gasteiger partial charge in [-0.1, -0.05) is 274 Å². The van der Waals surface area contributed by atoms with Gasteiger partial charge in [0.2, 0.25) is 0 Å². The summed E-state index contributed by atoms with van der Waals surface area (Å²) in [7, 11) is 5.98. The Kier molecular flexibility index (Phi) is 54.9. The second kappa shape index (κ2) is 57.2. The molecule has 0 aromatic carbocycles. The zero-order valence-electron chi connectivity index (χ0n) is 49.7. The fourth-order valence-corrected chi connectivity index (χ4v) is 8.98. The number of nitrogens with zero attached hydrogens (tertiary/aromatic N) is 1. The monoisotopic (exact) mass is 1050 g/mol. The fraction of sp³-hybridized carbons (Fsp3) is 0.803. The first-order chi connectivity index (χ1) is 36.6. The van der Waals surface area contributed by atoms with Crippen LogP contribution in [0.25, 0.3) is 0 Å². The van der Waals surface area contributed by atoms with Crippen molar-refractivity contribution >= 4 is 17.9 Å². The van der Waals surface area contributed by atoms with Gasteiger partial charge in [-0.3, -0.25) is 9.59 Å². The van der Waals surface area contributed by atoms with E-state index in [1.807, 2.05) is 21.1 Å². The van der Waals surface area contributed by atoms with Gasteiger partial charge in [-0.2, -0.15) is 0 Å². The molecule has 0 fully saturated rings. The largest absolute Gasteiger partial charge is 0.477 e. The molecule has 0 amide bonds. The number of carboxylic acids is 1. The summed E-state index contributed by atoms with van der Waals surface area (Å²) in [6.07, 6.45) is 70.3. The van der Waals surface area contributed by atoms with Crippen LogP contribution in [-0.4, -0.2) is 87.4 Å². The normalized spacial score (nSPS) is 13.1. The molecule has 0 bridgehead atoms. The number of allylic oxidation sites excluding steroid dienone is 10. The minimum absolute atomic E-state index is 0.177. The molecule has 0 aromatic rings. The lowest BCUT2D eigenvalue weighted by Gasteiger charge is -2.25. The number of carbonyl (C=O) groups is 3. The standard InChI is InChI=1S/C66H119NO8/c1-6-8-10-12-14-16-18-20-22-23-24-25-26-27-28-29-30-31-32-33-34-35-36-37-38-39-40-41-43-45-47-49-51-53-55-57-64(69)75-62(61-74-66(65(70)71)72-59-58-67(3,4)5)60-73-63(68)56-54-52-50-48-46-44-42-21-19-17-15-13-11-9-7-2/h8,10,14,16,20,22,24-25,27-28,62,66H,6-7,9,11-13,15,17-19,21,23,26,29-61H2,1-5H3/p+1/b10-8-,16-14-,22-20-,25-24-,28-27-. The highest BCUT2D eigenvalue weighted by Crippen LogP contribution is 2.17. The summed E-state index contributed by atoms with van der Waals surface area (Å²) in [6, 6.07) is 0. The highest BCUT2D eigenvalue weighted by Gasteiger charge is 2.25. The number of carboxylic acid groups (broad SMARTS) is 1. The first-order valence-electron chi connectivity index (χ1n) is 31.5. The number of likely N-dealkylation sites (N-methyl/N-ethyl adjacent to an activating group) is 1. The van der Waals surface area contributed by atoms with Crippen LogP contribution >= 0.6 is 0 Å². The van der Waals surface area contributed by atoms with Gasteiger partial charge in [0.25, 0.3) is 6.29 Å². The number of aliphatic carboxylic acids is 1. The van der Waals surface area contributed by atoms with Crippen molar-refractivity contribution in [3.8, 4) is 0 Å². The molecule has 9 nitrogen and oxygen atoms in total. The Labute approximate surface area is 463 Å². The van der Waals surface area contributed by atoms with Crippen LogP contribution in [0.2, 0.25) is 0 Å². The average Bonchev–Trinajstić information content (AvgIpc) is 3.38. The molecule has 0 aromatic heterocycles. The zero-order chi connectivity index (χ0) is 54.8. The quantitative estimate of drug-likeness (QED) is 0.0211. The van der Waals surface area contributed by atoms with Gasteiger partial charge in [0.05, 0.1) is 34.4 Å². The van der Waals surface area contributed by atoms with E-state index in [9.17, 15) is 19.5 Å². The molecule has 2 atom stereocenters. The van der Waals surface area contributed by atoms with Crippen LogP contribution in [0, 0.1) is 0 Å². The fourth-order valence-electron chi connectivity index (χ4n) is 8.98. The zero-order valence-corrected chi connectivity index (χ0v) is 49.7. The molecule has 1 N–H and O–H groups in total. The van der Waals surface area contributed by atoms with Crippen LogP contribution in [0.4, 0.5) is 0 Å². The third-order valence-corrected chi connectivity index (χ3v) is 13.8. The van der Waals surface area contributed by atoms with Crippen LogP contribution in [0.1, 0.15) is 284 Å². The number of ether oxygens (including phenoxy) is 4. The van der Waals surface area contributed by atoms with Crippen LogP contribution in [0.5, 0.6) is 0 Å². The number of hydrogen-bond donors (Lipinski definition) is 1. The van der Waals surface area contributed by atoms with Crippen LogP contribution in [0.3, 0.4) is 0 Å². The van der Waals surface area contributed by atoms with E-state index in [0.717, 1.165) is 70.6 Å². The first-order valence-corrected chi connectivity index (χ1v) is 31.5. The Morgan fingerprint density at radius 2 is 0.760 bits per heavy atom. The lowest BCUT2D eigenvalue weighted by molar-refractivity contribution is -0.870. The summed E-state index contributed by atoms with van der Waals surface area (Å²) < 4.78 is 22.9. The van der Waals surface area contributed by atoms with Crippen molar-refractivity contribution in [2.24, 2.45) is 0 Å². The minimum Gasteiger partial charge on any atom is -0.477 e. The van der Waals surface area contributed by atoms with E-state index in [1.54, 1.807) is 0 Å². The molecule has 0 aliphatic carbocycles. The number of carbonyl (C=O) groups excluding carboxylic acids is 2. The highest BCUT2D eigenvalue weighted by atomic mass is 16.7. The van der Waals surface area contributed by atoms with E-state index in [-0.39, 0.29) is 38.2 Å². The summed E-state index contributed by atoms with van der Waals surface area (Å²) >= 11 is 0. The molecule has 436 valence electrons. The molecular weight excluding hydrogens is 935 g/mol. The van der Waals surface area contributed by atoms with Crippen molar-refractivity contribution < 1.29 is 42.9 Å². The van der Waals surface area contributed by atoms with Crippen molar-refractivity contribution in [1.82, 2.24) is 0 Å². The molecular formula is C66H120NO8+. The lowest BCUT2D eigenvalue weighted by atomic mass is 10.0. The van der Waals surface area contributed by atoms with Crippen molar-refractivity contribution in [3.63, 3.8) is 0 Å². The predicted molar refractivity (Wildman–Crippen MR) is 318 cm³/mol. The summed E-state index contributed by atoms with van der Waals surface area (Å²) in [5.74, 6) is -1.99. The minimum atomic E-state index is -1.51. The maximum atomic E-state index is 12.9. The average molecular weight is 1060 g/mol. The van der Waals surface area contributed by atoms with Crippen molar-refractivity contribution in [2.45, 2.75) is 296 Å². The molecule has 0 aliphatic rings. The van der Waals surface area contributed by atoms with Crippen molar-refractivity contribution in [1.29, 1.82) is 0 Å². The first kappa shape index (κ1) is 72.0. The van der Waals surface area contributed by atoms with E-state index in [1.165, 1.54) is 186 Å². The Hall–Kier alpha value is -3.01. The van der Waals surface area contributed by atoms with Crippen LogP contribution in [-0.2, 0) is 33.3 Å². The Balaban J connectivity index is 4.05. The summed E-state index contributed by atoms with van der Waals surface area (Å²) in [5.41, 5.74) is 0. The second-order valence-corrected chi connectivity index (χ2v) is 22.3. The third-order valence-electron chi connectivity index (χ3n) is 13.8. The second-order valence-electron chi connectivity index (χ2n) is 22.3. The number of hydrogen-bond acceptors (Lipinski definition) is 7. The summed E-state index contributed by atoms with van der Waals surface area (Å²) in [6.45, 7) is 4.80.